The van der Waals surface area contributed by atoms with Crippen molar-refractivity contribution < 1.29 is 18.0 Å². The summed E-state index contributed by atoms with van der Waals surface area (Å²) >= 11 is 0. The van der Waals surface area contributed by atoms with Crippen molar-refractivity contribution in [3.05, 3.63) is 78.1 Å². The second kappa shape index (κ2) is 7.05. The van der Waals surface area contributed by atoms with Crippen LogP contribution in [0.1, 0.15) is 23.0 Å². The molecule has 29 heavy (non-hydrogen) atoms. The molecule has 8 heteroatoms. The van der Waals surface area contributed by atoms with Gasteiger partial charge in [-0.15, -0.1) is 0 Å². The summed E-state index contributed by atoms with van der Waals surface area (Å²) in [7, 11) is 0. The van der Waals surface area contributed by atoms with E-state index in [4.69, 9.17) is 0 Å². The number of nitrogens with zero attached hydrogens (tertiary/aromatic N) is 3. The zero-order chi connectivity index (χ0) is 20.6. The maximum absolute atomic E-state index is 13.0. The van der Waals surface area contributed by atoms with Crippen LogP contribution < -0.4 is 5.32 Å². The van der Waals surface area contributed by atoms with E-state index in [1.165, 1.54) is 17.8 Å². The molecule has 0 atom stereocenters. The molecular weight excluding hydrogens is 381 g/mol. The molecule has 0 unspecified atom stereocenters. The van der Waals surface area contributed by atoms with Gasteiger partial charge in [0.2, 0.25) is 0 Å². The van der Waals surface area contributed by atoms with E-state index >= 15 is 0 Å². The molecular formula is C21H15F3N4O. The van der Waals surface area contributed by atoms with Gasteiger partial charge in [0.05, 0.1) is 11.2 Å². The number of ketones is 1. The van der Waals surface area contributed by atoms with E-state index in [2.05, 4.69) is 15.4 Å². The van der Waals surface area contributed by atoms with Crippen molar-refractivity contribution in [2.24, 2.45) is 0 Å². The first-order chi connectivity index (χ1) is 13.8. The Labute approximate surface area is 163 Å². The van der Waals surface area contributed by atoms with E-state index in [0.717, 1.165) is 6.07 Å². The monoisotopic (exact) mass is 396 g/mol. The van der Waals surface area contributed by atoms with Gasteiger partial charge in [-0.2, -0.15) is 18.3 Å². The molecule has 0 aliphatic heterocycles. The Balaban J connectivity index is 1.80. The molecule has 0 radical (unpaired) electrons. The molecule has 146 valence electrons. The minimum Gasteiger partial charge on any atom is -0.340 e. The number of carbonyl (C=O) groups excluding carboxylic acids is 1. The van der Waals surface area contributed by atoms with Crippen LogP contribution in [-0.2, 0) is 6.18 Å². The average molecular weight is 396 g/mol. The molecule has 2 aromatic heterocycles. The third kappa shape index (κ3) is 3.82. The molecule has 0 amide bonds. The molecule has 0 saturated heterocycles. The molecule has 0 aliphatic carbocycles. The SMILES string of the molecule is CC(=O)c1cccc(Nc2cc(-n3ccc(C(F)(F)F)n3)c3ccccc3n2)c1. The van der Waals surface area contributed by atoms with Crippen LogP contribution >= 0.6 is 0 Å². The molecule has 5 nitrogen and oxygen atoms in total. The van der Waals surface area contributed by atoms with Crippen LogP contribution in [0.4, 0.5) is 24.7 Å². The van der Waals surface area contributed by atoms with E-state index in [0.29, 0.717) is 33.7 Å². The molecule has 0 fully saturated rings. The van der Waals surface area contributed by atoms with E-state index in [1.54, 1.807) is 54.6 Å². The minimum atomic E-state index is -4.53. The quantitative estimate of drug-likeness (QED) is 0.470. The van der Waals surface area contributed by atoms with Crippen LogP contribution in [0.2, 0.25) is 0 Å². The number of aromatic nitrogens is 3. The summed E-state index contributed by atoms with van der Waals surface area (Å²) in [5, 5.41) is 7.45. The summed E-state index contributed by atoms with van der Waals surface area (Å²) in [5.74, 6) is 0.348. The fraction of sp³-hybridized carbons (Fsp3) is 0.0952. The predicted octanol–water partition coefficient (Wildman–Crippen LogP) is 5.39. The lowest BCUT2D eigenvalue weighted by molar-refractivity contribution is -0.141. The Morgan fingerprint density at radius 2 is 1.83 bits per heavy atom. The maximum atomic E-state index is 13.0. The van der Waals surface area contributed by atoms with Gasteiger partial charge in [-0.25, -0.2) is 9.67 Å². The lowest BCUT2D eigenvalue weighted by Crippen LogP contribution is -2.08. The minimum absolute atomic E-state index is 0.0722. The summed E-state index contributed by atoms with van der Waals surface area (Å²) in [5.41, 5.74) is 1.26. The number of fused-ring (bicyclic) bond motifs is 1. The van der Waals surface area contributed by atoms with Crippen LogP contribution in [0.3, 0.4) is 0 Å². The highest BCUT2D eigenvalue weighted by Gasteiger charge is 2.33. The van der Waals surface area contributed by atoms with Gasteiger partial charge in [0, 0.05) is 28.9 Å². The molecule has 1 N–H and O–H groups in total. The van der Waals surface area contributed by atoms with Crippen molar-refractivity contribution in [1.29, 1.82) is 0 Å². The zero-order valence-electron chi connectivity index (χ0n) is 15.2. The number of Topliss-reactive ketones (excluding diaryl/α,β-unsaturated/α-hetero) is 1. The molecule has 0 spiro atoms. The van der Waals surface area contributed by atoms with Gasteiger partial charge in [-0.1, -0.05) is 30.3 Å². The number of anilines is 2. The molecule has 0 saturated carbocycles. The highest BCUT2D eigenvalue weighted by Crippen LogP contribution is 2.30. The van der Waals surface area contributed by atoms with E-state index in [-0.39, 0.29) is 5.78 Å². The van der Waals surface area contributed by atoms with Crippen molar-refractivity contribution in [2.45, 2.75) is 13.1 Å². The zero-order valence-corrected chi connectivity index (χ0v) is 15.2. The highest BCUT2D eigenvalue weighted by atomic mass is 19.4. The summed E-state index contributed by atoms with van der Waals surface area (Å²) in [6, 6.07) is 16.6. The van der Waals surface area contributed by atoms with Crippen molar-refractivity contribution in [2.75, 3.05) is 5.32 Å². The van der Waals surface area contributed by atoms with Crippen LogP contribution in [0.15, 0.2) is 66.9 Å². The Morgan fingerprint density at radius 1 is 1.03 bits per heavy atom. The number of halogens is 3. The normalized spacial score (nSPS) is 11.6. The number of carbonyl (C=O) groups is 1. The van der Waals surface area contributed by atoms with Gasteiger partial charge >= 0.3 is 6.18 Å². The summed E-state index contributed by atoms with van der Waals surface area (Å²) in [6.07, 6.45) is -3.26. The summed E-state index contributed by atoms with van der Waals surface area (Å²) < 4.78 is 40.1. The number of alkyl halides is 3. The third-order valence-electron chi connectivity index (χ3n) is 4.36. The van der Waals surface area contributed by atoms with Crippen LogP contribution in [0.25, 0.3) is 16.6 Å². The summed E-state index contributed by atoms with van der Waals surface area (Å²) in [6.45, 7) is 1.47. The van der Waals surface area contributed by atoms with Gasteiger partial charge in [-0.05, 0) is 31.2 Å². The van der Waals surface area contributed by atoms with Crippen molar-refractivity contribution in [3.63, 3.8) is 0 Å². The number of nitrogens with one attached hydrogen (secondary N) is 1. The fourth-order valence-corrected chi connectivity index (χ4v) is 2.98. The largest absolute Gasteiger partial charge is 0.435 e. The third-order valence-corrected chi connectivity index (χ3v) is 4.36. The van der Waals surface area contributed by atoms with Crippen LogP contribution in [-0.4, -0.2) is 20.5 Å². The first-order valence-corrected chi connectivity index (χ1v) is 8.72. The first-order valence-electron chi connectivity index (χ1n) is 8.72. The number of rotatable bonds is 4. The number of hydrogen-bond donors (Lipinski definition) is 1. The Hall–Kier alpha value is -3.68. The van der Waals surface area contributed by atoms with Crippen molar-refractivity contribution in [3.8, 4) is 5.69 Å². The van der Waals surface area contributed by atoms with Gasteiger partial charge in [0.1, 0.15) is 5.82 Å². The molecule has 0 bridgehead atoms. The topological polar surface area (TPSA) is 59.8 Å². The van der Waals surface area contributed by atoms with Crippen molar-refractivity contribution in [1.82, 2.24) is 14.8 Å². The first kappa shape index (κ1) is 18.7. The standard InChI is InChI=1S/C21H15F3N4O/c1-13(29)14-5-4-6-15(11-14)25-20-12-18(16-7-2-3-8-17(16)26-20)28-10-9-19(27-28)21(22,23)24/h2-12H,1H3,(H,25,26). The molecule has 4 aromatic rings. The van der Waals surface area contributed by atoms with Gasteiger partial charge in [0.15, 0.2) is 11.5 Å². The average Bonchev–Trinajstić information content (AvgIpc) is 3.18. The van der Waals surface area contributed by atoms with E-state index in [1.807, 2.05) is 0 Å². The maximum Gasteiger partial charge on any atom is 0.435 e. The molecule has 4 rings (SSSR count). The number of pyridine rings is 1. The number of benzene rings is 2. The lowest BCUT2D eigenvalue weighted by atomic mass is 10.1. The Kier molecular flexibility index (Phi) is 4.54. The Morgan fingerprint density at radius 3 is 2.55 bits per heavy atom. The summed E-state index contributed by atoms with van der Waals surface area (Å²) in [4.78, 5) is 16.1. The van der Waals surface area contributed by atoms with Gasteiger partial charge in [-0.3, -0.25) is 4.79 Å². The predicted molar refractivity (Wildman–Crippen MR) is 104 cm³/mol. The van der Waals surface area contributed by atoms with E-state index in [9.17, 15) is 18.0 Å². The van der Waals surface area contributed by atoms with Crippen LogP contribution in [0, 0.1) is 0 Å². The highest BCUT2D eigenvalue weighted by molar-refractivity contribution is 5.95. The second-order valence-electron chi connectivity index (χ2n) is 6.45. The fourth-order valence-electron chi connectivity index (χ4n) is 2.98. The van der Waals surface area contributed by atoms with Crippen molar-refractivity contribution >= 4 is 28.2 Å². The molecule has 2 heterocycles. The van der Waals surface area contributed by atoms with Gasteiger partial charge < -0.3 is 5.32 Å². The Bertz CT molecular complexity index is 1210. The smallest absolute Gasteiger partial charge is 0.340 e. The van der Waals surface area contributed by atoms with Crippen LogP contribution in [0.5, 0.6) is 0 Å². The van der Waals surface area contributed by atoms with E-state index < -0.39 is 11.9 Å². The molecule has 2 aromatic carbocycles. The molecule has 0 aliphatic rings. The van der Waals surface area contributed by atoms with Gasteiger partial charge in [0.25, 0.3) is 0 Å². The second-order valence-corrected chi connectivity index (χ2v) is 6.45. The lowest BCUT2D eigenvalue weighted by Gasteiger charge is -2.12. The number of hydrogen-bond acceptors (Lipinski definition) is 4. The number of para-hydroxylation sites is 1.